The average molecular weight is 261 g/mol. The van der Waals surface area contributed by atoms with E-state index in [2.05, 4.69) is 6.92 Å². The maximum Gasteiger partial charge on any atom is 0.130 e. The SMILES string of the molecule is CCCCOc1ccc(Cl)cc1C=C(C#N)C#N. The highest BCUT2D eigenvalue weighted by Gasteiger charge is 2.04. The van der Waals surface area contributed by atoms with Crippen molar-refractivity contribution in [2.24, 2.45) is 0 Å². The van der Waals surface area contributed by atoms with Crippen LogP contribution in [0.4, 0.5) is 0 Å². The van der Waals surface area contributed by atoms with Crippen LogP contribution in [0.1, 0.15) is 25.3 Å². The van der Waals surface area contributed by atoms with Gasteiger partial charge in [0, 0.05) is 10.6 Å². The van der Waals surface area contributed by atoms with Crippen molar-refractivity contribution in [1.82, 2.24) is 0 Å². The molecule has 0 amide bonds. The summed E-state index contributed by atoms with van der Waals surface area (Å²) >= 11 is 5.90. The van der Waals surface area contributed by atoms with Gasteiger partial charge in [0.25, 0.3) is 0 Å². The number of halogens is 1. The number of nitrogens with zero attached hydrogens (tertiary/aromatic N) is 2. The van der Waals surface area contributed by atoms with Gasteiger partial charge in [0.1, 0.15) is 23.5 Å². The Kier molecular flexibility index (Phi) is 5.77. The molecule has 0 saturated heterocycles. The zero-order chi connectivity index (χ0) is 13.4. The molecule has 1 aromatic carbocycles. The molecule has 0 atom stereocenters. The lowest BCUT2D eigenvalue weighted by molar-refractivity contribution is 0.309. The van der Waals surface area contributed by atoms with E-state index in [1.54, 1.807) is 18.2 Å². The van der Waals surface area contributed by atoms with Crippen LogP contribution in [0.3, 0.4) is 0 Å². The number of benzene rings is 1. The van der Waals surface area contributed by atoms with Crippen LogP contribution < -0.4 is 4.74 Å². The van der Waals surface area contributed by atoms with Gasteiger partial charge in [-0.25, -0.2) is 0 Å². The van der Waals surface area contributed by atoms with E-state index in [9.17, 15) is 0 Å². The molecule has 0 N–H and O–H groups in total. The fourth-order valence-electron chi connectivity index (χ4n) is 1.34. The van der Waals surface area contributed by atoms with Crippen molar-refractivity contribution in [3.05, 3.63) is 34.4 Å². The van der Waals surface area contributed by atoms with Crippen LogP contribution in [0, 0.1) is 22.7 Å². The Balaban J connectivity index is 3.01. The minimum atomic E-state index is 0.0256. The molecule has 0 aliphatic heterocycles. The first kappa shape index (κ1) is 14.1. The van der Waals surface area contributed by atoms with Gasteiger partial charge in [-0.2, -0.15) is 10.5 Å². The molecule has 0 unspecified atom stereocenters. The topological polar surface area (TPSA) is 56.8 Å². The molecule has 1 rings (SSSR count). The van der Waals surface area contributed by atoms with E-state index in [4.69, 9.17) is 26.9 Å². The first-order chi connectivity index (χ1) is 8.71. The highest BCUT2D eigenvalue weighted by atomic mass is 35.5. The summed E-state index contributed by atoms with van der Waals surface area (Å²) in [5.41, 5.74) is 0.675. The molecule has 0 saturated carbocycles. The summed E-state index contributed by atoms with van der Waals surface area (Å²) in [4.78, 5) is 0. The van der Waals surface area contributed by atoms with E-state index >= 15 is 0 Å². The molecule has 0 fully saturated rings. The lowest BCUT2D eigenvalue weighted by Crippen LogP contribution is -1.98. The molecule has 0 aliphatic carbocycles. The van der Waals surface area contributed by atoms with Crippen LogP contribution >= 0.6 is 11.6 Å². The van der Waals surface area contributed by atoms with E-state index in [0.717, 1.165) is 12.8 Å². The summed E-state index contributed by atoms with van der Waals surface area (Å²) < 4.78 is 5.60. The molecule has 0 bridgehead atoms. The number of nitriles is 2. The molecule has 0 aromatic heterocycles. The Morgan fingerprint density at radius 1 is 1.39 bits per heavy atom. The number of rotatable bonds is 5. The number of hydrogen-bond acceptors (Lipinski definition) is 3. The second-order valence-corrected chi connectivity index (χ2v) is 4.10. The second kappa shape index (κ2) is 7.37. The second-order valence-electron chi connectivity index (χ2n) is 3.67. The number of hydrogen-bond donors (Lipinski definition) is 0. The van der Waals surface area contributed by atoms with Crippen molar-refractivity contribution < 1.29 is 4.74 Å². The van der Waals surface area contributed by atoms with Gasteiger partial charge >= 0.3 is 0 Å². The Labute approximate surface area is 112 Å². The number of ether oxygens (including phenoxy) is 1. The molecule has 3 nitrogen and oxygen atoms in total. The van der Waals surface area contributed by atoms with Crippen molar-refractivity contribution in [2.45, 2.75) is 19.8 Å². The van der Waals surface area contributed by atoms with E-state index in [1.807, 2.05) is 12.1 Å². The Morgan fingerprint density at radius 2 is 2.11 bits per heavy atom. The highest BCUT2D eigenvalue weighted by Crippen LogP contribution is 2.25. The van der Waals surface area contributed by atoms with Crippen LogP contribution in [-0.4, -0.2) is 6.61 Å². The molecular formula is C14H13ClN2O. The van der Waals surface area contributed by atoms with Gasteiger partial charge in [-0.15, -0.1) is 0 Å². The van der Waals surface area contributed by atoms with E-state index in [1.165, 1.54) is 6.08 Å². The first-order valence-electron chi connectivity index (χ1n) is 5.65. The largest absolute Gasteiger partial charge is 0.493 e. The monoisotopic (exact) mass is 260 g/mol. The normalized spacial score (nSPS) is 9.11. The van der Waals surface area contributed by atoms with Gasteiger partial charge in [0.15, 0.2) is 0 Å². The van der Waals surface area contributed by atoms with Gasteiger partial charge < -0.3 is 4.74 Å². The molecule has 1 aromatic rings. The summed E-state index contributed by atoms with van der Waals surface area (Å²) in [5.74, 6) is 0.635. The van der Waals surface area contributed by atoms with Gasteiger partial charge in [0.2, 0.25) is 0 Å². The minimum Gasteiger partial charge on any atom is -0.493 e. The predicted octanol–water partition coefficient (Wildman–Crippen LogP) is 3.95. The Morgan fingerprint density at radius 3 is 2.72 bits per heavy atom. The van der Waals surface area contributed by atoms with Gasteiger partial charge in [0.05, 0.1) is 6.61 Å². The third kappa shape index (κ3) is 4.13. The maximum atomic E-state index is 8.75. The number of allylic oxidation sites excluding steroid dienone is 1. The molecule has 92 valence electrons. The number of unbranched alkanes of at least 4 members (excludes halogenated alkanes) is 1. The summed E-state index contributed by atoms with van der Waals surface area (Å²) in [5, 5.41) is 18.0. The maximum absolute atomic E-state index is 8.75. The molecule has 0 heterocycles. The van der Waals surface area contributed by atoms with E-state index < -0.39 is 0 Å². The fraction of sp³-hybridized carbons (Fsp3) is 0.286. The van der Waals surface area contributed by atoms with E-state index in [0.29, 0.717) is 22.9 Å². The third-order valence-electron chi connectivity index (χ3n) is 2.27. The molecule has 4 heteroatoms. The smallest absolute Gasteiger partial charge is 0.130 e. The summed E-state index contributed by atoms with van der Waals surface area (Å²) in [6.45, 7) is 2.68. The zero-order valence-electron chi connectivity index (χ0n) is 10.1. The first-order valence-corrected chi connectivity index (χ1v) is 6.03. The molecular weight excluding hydrogens is 248 g/mol. The van der Waals surface area contributed by atoms with Crippen molar-refractivity contribution in [2.75, 3.05) is 6.61 Å². The van der Waals surface area contributed by atoms with Crippen LogP contribution in [0.5, 0.6) is 5.75 Å². The molecule has 0 spiro atoms. The fourth-order valence-corrected chi connectivity index (χ4v) is 1.52. The van der Waals surface area contributed by atoms with Crippen LogP contribution in [0.25, 0.3) is 6.08 Å². The van der Waals surface area contributed by atoms with Gasteiger partial charge in [-0.3, -0.25) is 0 Å². The summed E-state index contributed by atoms with van der Waals surface area (Å²) in [6, 6.07) is 8.78. The Bertz CT molecular complexity index is 508. The lowest BCUT2D eigenvalue weighted by atomic mass is 10.1. The third-order valence-corrected chi connectivity index (χ3v) is 2.50. The zero-order valence-corrected chi connectivity index (χ0v) is 10.9. The summed E-state index contributed by atoms with van der Waals surface area (Å²) in [7, 11) is 0. The van der Waals surface area contributed by atoms with Crippen molar-refractivity contribution in [1.29, 1.82) is 10.5 Å². The van der Waals surface area contributed by atoms with Crippen LogP contribution in [-0.2, 0) is 0 Å². The highest BCUT2D eigenvalue weighted by molar-refractivity contribution is 6.30. The standard InChI is InChI=1S/C14H13ClN2O/c1-2-3-6-18-14-5-4-13(15)8-12(14)7-11(9-16)10-17/h4-5,7-8H,2-3,6H2,1H3. The Hall–Kier alpha value is -1.97. The van der Waals surface area contributed by atoms with Crippen molar-refractivity contribution in [3.63, 3.8) is 0 Å². The quantitative estimate of drug-likeness (QED) is 0.595. The van der Waals surface area contributed by atoms with Gasteiger partial charge in [-0.05, 0) is 30.7 Å². The van der Waals surface area contributed by atoms with Crippen molar-refractivity contribution >= 4 is 17.7 Å². The van der Waals surface area contributed by atoms with Crippen molar-refractivity contribution in [3.8, 4) is 17.9 Å². The molecule has 0 aliphatic rings. The molecule has 18 heavy (non-hydrogen) atoms. The summed E-state index contributed by atoms with van der Waals surface area (Å²) in [6.07, 6.45) is 3.47. The van der Waals surface area contributed by atoms with Gasteiger partial charge in [-0.1, -0.05) is 24.9 Å². The van der Waals surface area contributed by atoms with Crippen LogP contribution in [0.2, 0.25) is 5.02 Å². The van der Waals surface area contributed by atoms with E-state index in [-0.39, 0.29) is 5.57 Å². The lowest BCUT2D eigenvalue weighted by Gasteiger charge is -2.09. The minimum absolute atomic E-state index is 0.0256. The predicted molar refractivity (Wildman–Crippen MR) is 71.1 cm³/mol. The molecule has 0 radical (unpaired) electrons. The van der Waals surface area contributed by atoms with Crippen LogP contribution in [0.15, 0.2) is 23.8 Å². The average Bonchev–Trinajstić information content (AvgIpc) is 2.38.